The van der Waals surface area contributed by atoms with E-state index in [1.54, 1.807) is 6.07 Å². The van der Waals surface area contributed by atoms with E-state index < -0.39 is 30.2 Å². The Balaban J connectivity index is 2.75. The lowest BCUT2D eigenvalue weighted by Crippen LogP contribution is -2.43. The van der Waals surface area contributed by atoms with E-state index in [4.69, 9.17) is 10.8 Å². The van der Waals surface area contributed by atoms with Crippen LogP contribution in [0.15, 0.2) is 22.9 Å². The third-order valence-corrected chi connectivity index (χ3v) is 2.47. The Morgan fingerprint density at radius 3 is 2.56 bits per heavy atom. The number of primary amides is 1. The molecule has 1 heterocycles. The van der Waals surface area contributed by atoms with E-state index in [-0.39, 0.29) is 5.56 Å². The summed E-state index contributed by atoms with van der Waals surface area (Å²) in [5.41, 5.74) is 5.08. The van der Waals surface area contributed by atoms with Crippen LogP contribution in [0.2, 0.25) is 0 Å². The Bertz CT molecular complexity index is 475. The van der Waals surface area contributed by atoms with Gasteiger partial charge < -0.3 is 16.2 Å². The highest BCUT2D eigenvalue weighted by Gasteiger charge is 2.22. The fraction of sp³-hybridized carbons (Fsp3) is 0.200. The number of nitrogens with zero attached hydrogens (tertiary/aromatic N) is 1. The van der Waals surface area contributed by atoms with Crippen molar-refractivity contribution in [2.75, 3.05) is 0 Å². The quantitative estimate of drug-likeness (QED) is 0.655. The van der Waals surface area contributed by atoms with Gasteiger partial charge in [0.05, 0.1) is 12.0 Å². The fourth-order valence-corrected chi connectivity index (χ4v) is 1.39. The van der Waals surface area contributed by atoms with Gasteiger partial charge in [0, 0.05) is 6.20 Å². The van der Waals surface area contributed by atoms with Crippen molar-refractivity contribution in [2.45, 2.75) is 12.5 Å². The van der Waals surface area contributed by atoms with E-state index in [9.17, 15) is 14.4 Å². The first-order valence-electron chi connectivity index (χ1n) is 4.83. The van der Waals surface area contributed by atoms with Gasteiger partial charge in [-0.15, -0.1) is 0 Å². The zero-order chi connectivity index (χ0) is 13.7. The molecule has 4 N–H and O–H groups in total. The molecule has 0 unspecified atom stereocenters. The van der Waals surface area contributed by atoms with Crippen LogP contribution in [0.1, 0.15) is 16.8 Å². The van der Waals surface area contributed by atoms with Gasteiger partial charge in [-0.3, -0.25) is 9.59 Å². The second-order valence-corrected chi connectivity index (χ2v) is 4.22. The van der Waals surface area contributed by atoms with Crippen LogP contribution in [0.25, 0.3) is 0 Å². The molecule has 0 aliphatic carbocycles. The summed E-state index contributed by atoms with van der Waals surface area (Å²) in [6.07, 6.45) is 0.813. The van der Waals surface area contributed by atoms with E-state index in [1.165, 1.54) is 12.3 Å². The van der Waals surface area contributed by atoms with Crippen molar-refractivity contribution in [1.29, 1.82) is 0 Å². The van der Waals surface area contributed by atoms with Crippen LogP contribution in [0.4, 0.5) is 0 Å². The van der Waals surface area contributed by atoms with Gasteiger partial charge in [-0.25, -0.2) is 9.78 Å². The SMILES string of the molecule is NC(=O)C[C@H](NC(=O)c1ccc(Br)nc1)C(=O)O. The standard InChI is InChI=1S/C10H10BrN3O4/c11-7-2-1-5(4-13-7)9(16)14-6(10(17)18)3-8(12)15/h1-2,4,6H,3H2,(H2,12,15)(H,14,16)(H,17,18)/t6-/m0/s1. The molecule has 7 nitrogen and oxygen atoms in total. The van der Waals surface area contributed by atoms with Crippen LogP contribution in [0, 0.1) is 0 Å². The number of nitrogens with two attached hydrogens (primary N) is 1. The molecule has 0 aromatic carbocycles. The highest BCUT2D eigenvalue weighted by Crippen LogP contribution is 2.06. The topological polar surface area (TPSA) is 122 Å². The molecule has 0 aliphatic rings. The van der Waals surface area contributed by atoms with E-state index >= 15 is 0 Å². The third-order valence-electron chi connectivity index (χ3n) is 2.00. The molecule has 1 atom stereocenters. The maximum Gasteiger partial charge on any atom is 0.326 e. The second-order valence-electron chi connectivity index (χ2n) is 3.40. The summed E-state index contributed by atoms with van der Waals surface area (Å²) in [5, 5.41) is 11.0. The van der Waals surface area contributed by atoms with Crippen molar-refractivity contribution in [3.63, 3.8) is 0 Å². The van der Waals surface area contributed by atoms with Gasteiger partial charge in [0.1, 0.15) is 10.6 Å². The van der Waals surface area contributed by atoms with Crippen molar-refractivity contribution in [3.05, 3.63) is 28.5 Å². The summed E-state index contributed by atoms with van der Waals surface area (Å²) < 4.78 is 0.547. The fourth-order valence-electron chi connectivity index (χ4n) is 1.15. The lowest BCUT2D eigenvalue weighted by Gasteiger charge is -2.12. The monoisotopic (exact) mass is 315 g/mol. The molecule has 0 aliphatic heterocycles. The summed E-state index contributed by atoms with van der Waals surface area (Å²) in [5.74, 6) is -2.77. The molecule has 2 amide bonds. The van der Waals surface area contributed by atoms with Crippen molar-refractivity contribution in [2.24, 2.45) is 5.73 Å². The third kappa shape index (κ3) is 4.13. The predicted octanol–water partition coefficient (Wildman–Crippen LogP) is -0.0975. The zero-order valence-electron chi connectivity index (χ0n) is 9.09. The van der Waals surface area contributed by atoms with Gasteiger partial charge in [-0.1, -0.05) is 0 Å². The minimum atomic E-state index is -1.35. The number of hydrogen-bond donors (Lipinski definition) is 3. The predicted molar refractivity (Wildman–Crippen MR) is 64.6 cm³/mol. The molecule has 1 aromatic rings. The van der Waals surface area contributed by atoms with Crippen molar-refractivity contribution in [1.82, 2.24) is 10.3 Å². The zero-order valence-corrected chi connectivity index (χ0v) is 10.7. The molecule has 96 valence electrons. The number of aromatic nitrogens is 1. The molecular weight excluding hydrogens is 306 g/mol. The first-order valence-corrected chi connectivity index (χ1v) is 5.63. The van der Waals surface area contributed by atoms with Crippen LogP contribution < -0.4 is 11.1 Å². The van der Waals surface area contributed by atoms with Gasteiger partial charge in [0.2, 0.25) is 5.91 Å². The number of nitrogens with one attached hydrogen (secondary N) is 1. The molecule has 0 spiro atoms. The maximum absolute atomic E-state index is 11.7. The van der Waals surface area contributed by atoms with Gasteiger partial charge in [-0.2, -0.15) is 0 Å². The van der Waals surface area contributed by atoms with E-state index in [0.29, 0.717) is 4.60 Å². The summed E-state index contributed by atoms with van der Waals surface area (Å²) in [6.45, 7) is 0. The molecule has 0 saturated carbocycles. The van der Waals surface area contributed by atoms with Gasteiger partial charge in [-0.05, 0) is 28.1 Å². The first kappa shape index (κ1) is 14.1. The Labute approximate surface area is 111 Å². The average Bonchev–Trinajstić information content (AvgIpc) is 2.28. The summed E-state index contributed by atoms with van der Waals surface area (Å²) in [7, 11) is 0. The van der Waals surface area contributed by atoms with Gasteiger partial charge in [0.25, 0.3) is 5.91 Å². The number of rotatable bonds is 5. The molecule has 0 saturated heterocycles. The number of carboxylic acid groups (broad SMARTS) is 1. The van der Waals surface area contributed by atoms with E-state index in [2.05, 4.69) is 26.2 Å². The van der Waals surface area contributed by atoms with Crippen molar-refractivity contribution in [3.8, 4) is 0 Å². The lowest BCUT2D eigenvalue weighted by molar-refractivity contribution is -0.140. The number of amides is 2. The van der Waals surface area contributed by atoms with Crippen LogP contribution >= 0.6 is 15.9 Å². The molecule has 18 heavy (non-hydrogen) atoms. The number of hydrogen-bond acceptors (Lipinski definition) is 4. The minimum absolute atomic E-state index is 0.189. The van der Waals surface area contributed by atoms with Crippen LogP contribution in [-0.2, 0) is 9.59 Å². The van der Waals surface area contributed by atoms with E-state index in [1.807, 2.05) is 0 Å². The molecule has 1 rings (SSSR count). The summed E-state index contributed by atoms with van der Waals surface area (Å²) >= 11 is 3.10. The van der Waals surface area contributed by atoms with Crippen molar-refractivity contribution >= 4 is 33.7 Å². The Kier molecular flexibility index (Phi) is 4.78. The van der Waals surface area contributed by atoms with Gasteiger partial charge in [0.15, 0.2) is 0 Å². The molecule has 8 heteroatoms. The summed E-state index contributed by atoms with van der Waals surface area (Å²) in [6, 6.07) is 1.66. The smallest absolute Gasteiger partial charge is 0.326 e. The Hall–Kier alpha value is -1.96. The van der Waals surface area contributed by atoms with Crippen molar-refractivity contribution < 1.29 is 19.5 Å². The second kappa shape index (κ2) is 6.10. The van der Waals surface area contributed by atoms with Crippen LogP contribution in [-0.4, -0.2) is 33.9 Å². The number of halogens is 1. The number of aliphatic carboxylic acids is 1. The number of pyridine rings is 1. The van der Waals surface area contributed by atoms with Crippen LogP contribution in [0.3, 0.4) is 0 Å². The number of carbonyl (C=O) groups is 3. The van der Waals surface area contributed by atoms with Gasteiger partial charge >= 0.3 is 5.97 Å². The molecule has 0 radical (unpaired) electrons. The molecule has 0 bridgehead atoms. The summed E-state index contributed by atoms with van der Waals surface area (Å²) in [4.78, 5) is 37.0. The lowest BCUT2D eigenvalue weighted by atomic mass is 10.2. The Morgan fingerprint density at radius 1 is 1.44 bits per heavy atom. The van der Waals surface area contributed by atoms with E-state index in [0.717, 1.165) is 0 Å². The highest BCUT2D eigenvalue weighted by atomic mass is 79.9. The molecule has 1 aromatic heterocycles. The first-order chi connectivity index (χ1) is 8.40. The Morgan fingerprint density at radius 2 is 2.11 bits per heavy atom. The average molecular weight is 316 g/mol. The molecular formula is C10H10BrN3O4. The highest BCUT2D eigenvalue weighted by molar-refractivity contribution is 9.10. The maximum atomic E-state index is 11.7. The largest absolute Gasteiger partial charge is 0.480 e. The number of carbonyl (C=O) groups excluding carboxylic acids is 2. The minimum Gasteiger partial charge on any atom is -0.480 e. The van der Waals surface area contributed by atoms with Crippen LogP contribution in [0.5, 0.6) is 0 Å². The number of carboxylic acids is 1. The normalized spacial score (nSPS) is 11.6. The molecule has 0 fully saturated rings.